The molecule has 2 unspecified atom stereocenters. The molecular weight excluding hydrogens is 192 g/mol. The fourth-order valence-corrected chi connectivity index (χ4v) is 3.33. The maximum absolute atomic E-state index is 10.5. The number of rotatable bonds is 2. The van der Waals surface area contributed by atoms with Crippen LogP contribution in [0, 0.1) is 18.3 Å². The van der Waals surface area contributed by atoms with Gasteiger partial charge in [-0.25, -0.2) is 0 Å². The second kappa shape index (κ2) is 2.83. The predicted octanol–water partition coefficient (Wildman–Crippen LogP) is 3.31. The Balaban J connectivity index is 2.30. The Morgan fingerprint density at radius 2 is 2.14 bits per heavy atom. The largest absolute Gasteiger partial charge is 0.385 e. The van der Waals surface area contributed by atoms with E-state index in [4.69, 9.17) is 0 Å². The second-order valence-electron chi connectivity index (χ2n) is 5.28. The number of aryl methyl sites for hydroxylation is 1. The summed E-state index contributed by atoms with van der Waals surface area (Å²) in [5.74, 6) is 0.420. The molecule has 14 heavy (non-hydrogen) atoms. The van der Waals surface area contributed by atoms with E-state index in [1.807, 2.05) is 6.92 Å². The van der Waals surface area contributed by atoms with Crippen LogP contribution in [0.5, 0.6) is 0 Å². The van der Waals surface area contributed by atoms with Crippen molar-refractivity contribution >= 4 is 11.3 Å². The highest BCUT2D eigenvalue weighted by molar-refractivity contribution is 7.10. The molecule has 0 bridgehead atoms. The average molecular weight is 210 g/mol. The van der Waals surface area contributed by atoms with Gasteiger partial charge in [-0.05, 0) is 48.6 Å². The predicted molar refractivity (Wildman–Crippen MR) is 60.5 cm³/mol. The molecule has 1 fully saturated rings. The van der Waals surface area contributed by atoms with E-state index in [-0.39, 0.29) is 0 Å². The SMILES string of the molecule is Cc1sccc1C(C)(O)C1CC1(C)C. The number of hydrogen-bond acceptors (Lipinski definition) is 2. The number of hydrogen-bond donors (Lipinski definition) is 1. The van der Waals surface area contributed by atoms with Gasteiger partial charge < -0.3 is 5.11 Å². The van der Waals surface area contributed by atoms with Crippen molar-refractivity contribution in [2.45, 2.75) is 39.7 Å². The lowest BCUT2D eigenvalue weighted by atomic mass is 9.87. The zero-order chi connectivity index (χ0) is 10.6. The van der Waals surface area contributed by atoms with Crippen LogP contribution in [0.1, 0.15) is 37.6 Å². The molecular formula is C12H18OS. The number of thiophene rings is 1. The molecule has 0 saturated heterocycles. The monoisotopic (exact) mass is 210 g/mol. The summed E-state index contributed by atoms with van der Waals surface area (Å²) in [6, 6.07) is 2.06. The molecule has 1 aromatic heterocycles. The van der Waals surface area contributed by atoms with Crippen LogP contribution in [0.4, 0.5) is 0 Å². The topological polar surface area (TPSA) is 20.2 Å². The van der Waals surface area contributed by atoms with E-state index in [1.165, 1.54) is 4.88 Å². The van der Waals surface area contributed by atoms with Gasteiger partial charge in [-0.1, -0.05) is 13.8 Å². The van der Waals surface area contributed by atoms with Crippen molar-refractivity contribution in [3.05, 3.63) is 21.9 Å². The molecule has 0 aliphatic heterocycles. The number of aliphatic hydroxyl groups is 1. The molecule has 0 aromatic carbocycles. The van der Waals surface area contributed by atoms with Crippen LogP contribution in [-0.4, -0.2) is 5.11 Å². The van der Waals surface area contributed by atoms with Crippen molar-refractivity contribution < 1.29 is 5.11 Å². The molecule has 2 rings (SSSR count). The third-order valence-corrected chi connectivity index (χ3v) is 4.44. The minimum Gasteiger partial charge on any atom is -0.385 e. The highest BCUT2D eigenvalue weighted by Crippen LogP contribution is 2.60. The molecule has 1 N–H and O–H groups in total. The van der Waals surface area contributed by atoms with Gasteiger partial charge in [-0.2, -0.15) is 0 Å². The van der Waals surface area contributed by atoms with Gasteiger partial charge in [-0.15, -0.1) is 11.3 Å². The van der Waals surface area contributed by atoms with Gasteiger partial charge in [0.05, 0.1) is 5.60 Å². The van der Waals surface area contributed by atoms with Gasteiger partial charge in [0, 0.05) is 4.88 Å². The summed E-state index contributed by atoms with van der Waals surface area (Å²) in [7, 11) is 0. The summed E-state index contributed by atoms with van der Waals surface area (Å²) >= 11 is 1.72. The van der Waals surface area contributed by atoms with Crippen LogP contribution >= 0.6 is 11.3 Å². The first kappa shape index (κ1) is 10.2. The van der Waals surface area contributed by atoms with Crippen LogP contribution in [0.25, 0.3) is 0 Å². The first-order chi connectivity index (χ1) is 6.36. The smallest absolute Gasteiger partial charge is 0.0912 e. The van der Waals surface area contributed by atoms with E-state index < -0.39 is 5.60 Å². The molecule has 0 amide bonds. The van der Waals surface area contributed by atoms with Crippen molar-refractivity contribution in [3.8, 4) is 0 Å². The van der Waals surface area contributed by atoms with Crippen LogP contribution in [0.15, 0.2) is 11.4 Å². The molecule has 2 atom stereocenters. The van der Waals surface area contributed by atoms with E-state index in [0.717, 1.165) is 12.0 Å². The van der Waals surface area contributed by atoms with Crippen molar-refractivity contribution in [2.75, 3.05) is 0 Å². The molecule has 1 heterocycles. The van der Waals surface area contributed by atoms with E-state index in [1.54, 1.807) is 11.3 Å². The standard InChI is InChI=1S/C12H18OS/c1-8-9(5-6-14-8)12(4,13)10-7-11(10,2)3/h5-6,10,13H,7H2,1-4H3. The summed E-state index contributed by atoms with van der Waals surface area (Å²) in [4.78, 5) is 1.25. The maximum Gasteiger partial charge on any atom is 0.0912 e. The third kappa shape index (κ3) is 1.41. The van der Waals surface area contributed by atoms with Gasteiger partial charge in [0.1, 0.15) is 0 Å². The fraction of sp³-hybridized carbons (Fsp3) is 0.667. The summed E-state index contributed by atoms with van der Waals surface area (Å²) in [5, 5.41) is 12.6. The Hall–Kier alpha value is -0.340. The molecule has 1 saturated carbocycles. The third-order valence-electron chi connectivity index (χ3n) is 3.60. The Kier molecular flexibility index (Phi) is 2.06. The summed E-state index contributed by atoms with van der Waals surface area (Å²) in [5.41, 5.74) is 0.809. The molecule has 0 radical (unpaired) electrons. The Bertz CT molecular complexity index is 349. The average Bonchev–Trinajstić information content (AvgIpc) is 2.52. The van der Waals surface area contributed by atoms with Crippen molar-refractivity contribution in [3.63, 3.8) is 0 Å². The lowest BCUT2D eigenvalue weighted by Crippen LogP contribution is -2.26. The summed E-state index contributed by atoms with van der Waals surface area (Å²) < 4.78 is 0. The zero-order valence-electron chi connectivity index (χ0n) is 9.29. The molecule has 0 spiro atoms. The molecule has 1 aliphatic rings. The van der Waals surface area contributed by atoms with Gasteiger partial charge in [0.2, 0.25) is 0 Å². The maximum atomic E-state index is 10.5. The lowest BCUT2D eigenvalue weighted by molar-refractivity contribution is 0.0208. The van der Waals surface area contributed by atoms with Gasteiger partial charge in [-0.3, -0.25) is 0 Å². The van der Waals surface area contributed by atoms with Crippen molar-refractivity contribution in [1.82, 2.24) is 0 Å². The highest BCUT2D eigenvalue weighted by Gasteiger charge is 2.56. The van der Waals surface area contributed by atoms with Crippen LogP contribution in [0.2, 0.25) is 0 Å². The van der Waals surface area contributed by atoms with E-state index in [9.17, 15) is 5.11 Å². The van der Waals surface area contributed by atoms with Gasteiger partial charge in [0.15, 0.2) is 0 Å². The van der Waals surface area contributed by atoms with Crippen LogP contribution in [0.3, 0.4) is 0 Å². The first-order valence-electron chi connectivity index (χ1n) is 5.12. The highest BCUT2D eigenvalue weighted by atomic mass is 32.1. The normalized spacial score (nSPS) is 28.5. The molecule has 1 aliphatic carbocycles. The van der Waals surface area contributed by atoms with Gasteiger partial charge >= 0.3 is 0 Å². The van der Waals surface area contributed by atoms with E-state index in [2.05, 4.69) is 32.2 Å². The molecule has 78 valence electrons. The van der Waals surface area contributed by atoms with E-state index >= 15 is 0 Å². The van der Waals surface area contributed by atoms with Gasteiger partial charge in [0.25, 0.3) is 0 Å². The molecule has 1 aromatic rings. The Labute approximate surface area is 89.8 Å². The van der Waals surface area contributed by atoms with E-state index in [0.29, 0.717) is 11.3 Å². The summed E-state index contributed by atoms with van der Waals surface area (Å²) in [6.07, 6.45) is 1.13. The fourth-order valence-electron chi connectivity index (χ4n) is 2.52. The van der Waals surface area contributed by atoms with Crippen molar-refractivity contribution in [2.24, 2.45) is 11.3 Å². The first-order valence-corrected chi connectivity index (χ1v) is 6.00. The second-order valence-corrected chi connectivity index (χ2v) is 6.40. The minimum atomic E-state index is -0.631. The van der Waals surface area contributed by atoms with Crippen molar-refractivity contribution in [1.29, 1.82) is 0 Å². The minimum absolute atomic E-state index is 0.317. The van der Waals surface area contributed by atoms with Crippen LogP contribution in [-0.2, 0) is 5.60 Å². The quantitative estimate of drug-likeness (QED) is 0.794. The molecule has 1 nitrogen and oxygen atoms in total. The molecule has 2 heteroatoms. The zero-order valence-corrected chi connectivity index (χ0v) is 10.1. The summed E-state index contributed by atoms with van der Waals surface area (Å²) in [6.45, 7) is 8.51. The lowest BCUT2D eigenvalue weighted by Gasteiger charge is -2.25. The Morgan fingerprint density at radius 1 is 1.57 bits per heavy atom. The Morgan fingerprint density at radius 3 is 2.50 bits per heavy atom. The van der Waals surface area contributed by atoms with Crippen LogP contribution < -0.4 is 0 Å².